The third kappa shape index (κ3) is 5.26. The summed E-state index contributed by atoms with van der Waals surface area (Å²) in [6, 6.07) is 20.8. The lowest BCUT2D eigenvalue weighted by molar-refractivity contribution is 0.567. The Morgan fingerprint density at radius 1 is 1.00 bits per heavy atom. The molecule has 4 rings (SSSR count). The first-order chi connectivity index (χ1) is 17.4. The van der Waals surface area contributed by atoms with E-state index in [1.807, 2.05) is 48.5 Å². The highest BCUT2D eigenvalue weighted by atomic mass is 19.1. The van der Waals surface area contributed by atoms with Crippen LogP contribution in [0, 0.1) is 29.9 Å². The molecule has 0 saturated heterocycles. The van der Waals surface area contributed by atoms with E-state index in [9.17, 15) is 18.8 Å². The molecular weight excluding hydrogens is 456 g/mol. The minimum absolute atomic E-state index is 0.0815. The van der Waals surface area contributed by atoms with Crippen LogP contribution in [0.25, 0.3) is 11.1 Å². The molecule has 0 aliphatic heterocycles. The van der Waals surface area contributed by atoms with Gasteiger partial charge in [0.05, 0.1) is 17.8 Å². The topological polar surface area (TPSA) is 58.7 Å². The molecule has 0 saturated carbocycles. The predicted octanol–water partition coefficient (Wildman–Crippen LogP) is 6.35. The van der Waals surface area contributed by atoms with Crippen LogP contribution in [-0.2, 0) is 19.4 Å². The van der Waals surface area contributed by atoms with Gasteiger partial charge in [-0.25, -0.2) is 13.8 Å². The van der Waals surface area contributed by atoms with Crippen molar-refractivity contribution in [2.75, 3.05) is 0 Å². The Morgan fingerprint density at radius 3 is 2.50 bits per heavy atom. The van der Waals surface area contributed by atoms with Crippen LogP contribution < -0.4 is 5.56 Å². The van der Waals surface area contributed by atoms with Crippen LogP contribution in [0.4, 0.5) is 8.78 Å². The average Bonchev–Trinajstić information content (AvgIpc) is 2.89. The summed E-state index contributed by atoms with van der Waals surface area (Å²) < 4.78 is 29.5. The molecule has 0 spiro atoms. The highest BCUT2D eigenvalue weighted by molar-refractivity contribution is 5.72. The Hall–Kier alpha value is -4.11. The van der Waals surface area contributed by atoms with E-state index in [0.717, 1.165) is 47.7 Å². The van der Waals surface area contributed by atoms with Gasteiger partial charge in [-0.2, -0.15) is 5.26 Å². The molecule has 0 fully saturated rings. The first-order valence-electron chi connectivity index (χ1n) is 12.0. The van der Waals surface area contributed by atoms with Crippen molar-refractivity contribution in [2.45, 2.75) is 46.1 Å². The Labute approximate surface area is 209 Å². The molecule has 0 unspecified atom stereocenters. The summed E-state index contributed by atoms with van der Waals surface area (Å²) in [5, 5.41) is 10.0. The fraction of sp³-hybridized carbons (Fsp3) is 0.233. The van der Waals surface area contributed by atoms with Gasteiger partial charge in [-0.3, -0.25) is 9.36 Å². The van der Waals surface area contributed by atoms with Crippen molar-refractivity contribution in [1.29, 1.82) is 5.26 Å². The second-order valence-electron chi connectivity index (χ2n) is 8.81. The minimum Gasteiger partial charge on any atom is -0.292 e. The Bertz CT molecular complexity index is 1490. The zero-order chi connectivity index (χ0) is 25.7. The monoisotopic (exact) mass is 483 g/mol. The van der Waals surface area contributed by atoms with Gasteiger partial charge in [0, 0.05) is 17.5 Å². The van der Waals surface area contributed by atoms with Gasteiger partial charge in [0.1, 0.15) is 23.5 Å². The van der Waals surface area contributed by atoms with E-state index in [-0.39, 0.29) is 24.1 Å². The number of aromatic nitrogens is 2. The maximum absolute atomic E-state index is 14.4. The molecule has 6 heteroatoms. The number of nitriles is 1. The fourth-order valence-corrected chi connectivity index (χ4v) is 4.43. The summed E-state index contributed by atoms with van der Waals surface area (Å²) >= 11 is 0. The molecule has 36 heavy (non-hydrogen) atoms. The van der Waals surface area contributed by atoms with Gasteiger partial charge in [-0.15, -0.1) is 0 Å². The van der Waals surface area contributed by atoms with Crippen molar-refractivity contribution in [1.82, 2.24) is 9.55 Å². The molecular formula is C30H27F2N3O. The van der Waals surface area contributed by atoms with Crippen molar-refractivity contribution >= 4 is 0 Å². The Balaban J connectivity index is 1.83. The van der Waals surface area contributed by atoms with Crippen LogP contribution in [0.2, 0.25) is 0 Å². The fourth-order valence-electron chi connectivity index (χ4n) is 4.43. The summed E-state index contributed by atoms with van der Waals surface area (Å²) in [5.41, 5.74) is 3.90. The summed E-state index contributed by atoms with van der Waals surface area (Å²) in [5.74, 6) is -0.708. The van der Waals surface area contributed by atoms with Gasteiger partial charge in [0.25, 0.3) is 5.56 Å². The van der Waals surface area contributed by atoms with Gasteiger partial charge in [-0.05, 0) is 54.7 Å². The molecule has 3 aromatic carbocycles. The van der Waals surface area contributed by atoms with Gasteiger partial charge in [-0.1, -0.05) is 61.9 Å². The van der Waals surface area contributed by atoms with Crippen LogP contribution in [0.1, 0.15) is 53.5 Å². The van der Waals surface area contributed by atoms with E-state index in [4.69, 9.17) is 4.98 Å². The highest BCUT2D eigenvalue weighted by Crippen LogP contribution is 2.27. The minimum atomic E-state index is -0.582. The number of hydrogen-bond acceptors (Lipinski definition) is 3. The van der Waals surface area contributed by atoms with E-state index in [2.05, 4.69) is 13.0 Å². The molecule has 0 aliphatic carbocycles. The van der Waals surface area contributed by atoms with Crippen LogP contribution in [0.5, 0.6) is 0 Å². The third-order valence-electron chi connectivity index (χ3n) is 6.36. The molecule has 182 valence electrons. The molecule has 0 N–H and O–H groups in total. The zero-order valence-electron chi connectivity index (χ0n) is 20.4. The number of halogens is 2. The van der Waals surface area contributed by atoms with Crippen molar-refractivity contribution in [3.05, 3.63) is 122 Å². The van der Waals surface area contributed by atoms with Gasteiger partial charge >= 0.3 is 0 Å². The second-order valence-corrected chi connectivity index (χ2v) is 8.81. The zero-order valence-corrected chi connectivity index (χ0v) is 20.4. The molecule has 4 nitrogen and oxygen atoms in total. The predicted molar refractivity (Wildman–Crippen MR) is 137 cm³/mol. The van der Waals surface area contributed by atoms with E-state index in [1.54, 1.807) is 6.92 Å². The molecule has 0 atom stereocenters. The largest absolute Gasteiger partial charge is 0.292 e. The third-order valence-corrected chi connectivity index (χ3v) is 6.36. The number of hydrogen-bond donors (Lipinski definition) is 0. The molecule has 0 radical (unpaired) electrons. The summed E-state index contributed by atoms with van der Waals surface area (Å²) in [7, 11) is 0. The maximum Gasteiger partial charge on any atom is 0.257 e. The first kappa shape index (κ1) is 25.0. The average molecular weight is 484 g/mol. The molecule has 0 amide bonds. The van der Waals surface area contributed by atoms with Crippen LogP contribution >= 0.6 is 0 Å². The molecule has 4 aromatic rings. The standard InChI is InChI=1S/C30H27F2N3O/c1-3-4-13-29-26(17-22-11-8-12-25(27(22)18-33)21-9-6-5-7-10-21)30(36)35(20(2)34-29)19-23-16-24(31)14-15-28(23)32/h5-12,14-16H,3-4,13,17,19H2,1-2H3. The van der Waals surface area contributed by atoms with Crippen LogP contribution in [0.3, 0.4) is 0 Å². The number of rotatable bonds is 8. The quantitative estimate of drug-likeness (QED) is 0.293. The van der Waals surface area contributed by atoms with Gasteiger partial charge in [0.15, 0.2) is 0 Å². The summed E-state index contributed by atoms with van der Waals surface area (Å²) in [4.78, 5) is 18.5. The van der Waals surface area contributed by atoms with Crippen molar-refractivity contribution in [3.63, 3.8) is 0 Å². The molecule has 1 aromatic heterocycles. The normalized spacial score (nSPS) is 10.9. The van der Waals surface area contributed by atoms with Crippen LogP contribution in [0.15, 0.2) is 71.5 Å². The lowest BCUT2D eigenvalue weighted by atomic mass is 9.92. The number of unbranched alkanes of at least 4 members (excludes halogenated alkanes) is 1. The number of nitrogens with zero attached hydrogens (tertiary/aromatic N) is 3. The van der Waals surface area contributed by atoms with E-state index in [1.165, 1.54) is 4.57 Å². The molecule has 0 bridgehead atoms. The summed E-state index contributed by atoms with van der Waals surface area (Å²) in [6.07, 6.45) is 2.64. The smallest absolute Gasteiger partial charge is 0.257 e. The van der Waals surface area contributed by atoms with Crippen molar-refractivity contribution < 1.29 is 8.78 Å². The number of aryl methyl sites for hydroxylation is 2. The number of benzene rings is 3. The van der Waals surface area contributed by atoms with Crippen LogP contribution in [-0.4, -0.2) is 9.55 Å². The second kappa shape index (κ2) is 11.1. The van der Waals surface area contributed by atoms with Gasteiger partial charge < -0.3 is 0 Å². The lowest BCUT2D eigenvalue weighted by Gasteiger charge is -2.17. The van der Waals surface area contributed by atoms with E-state index < -0.39 is 11.6 Å². The lowest BCUT2D eigenvalue weighted by Crippen LogP contribution is -2.30. The van der Waals surface area contributed by atoms with Crippen molar-refractivity contribution in [3.8, 4) is 17.2 Å². The Morgan fingerprint density at radius 2 is 1.78 bits per heavy atom. The first-order valence-corrected chi connectivity index (χ1v) is 12.0. The Kier molecular flexibility index (Phi) is 7.70. The van der Waals surface area contributed by atoms with Crippen molar-refractivity contribution in [2.24, 2.45) is 0 Å². The summed E-state index contributed by atoms with van der Waals surface area (Å²) in [6.45, 7) is 3.64. The van der Waals surface area contributed by atoms with Gasteiger partial charge in [0.2, 0.25) is 0 Å². The SMILES string of the molecule is CCCCc1nc(C)n(Cc2cc(F)ccc2F)c(=O)c1Cc1cccc(-c2ccccc2)c1C#N. The van der Waals surface area contributed by atoms with E-state index in [0.29, 0.717) is 29.1 Å². The maximum atomic E-state index is 14.4. The molecule has 0 aliphatic rings. The molecule has 1 heterocycles. The van der Waals surface area contributed by atoms with E-state index >= 15 is 0 Å². The highest BCUT2D eigenvalue weighted by Gasteiger charge is 2.19.